The third-order valence-corrected chi connectivity index (χ3v) is 5.78. The molecule has 0 bridgehead atoms. The minimum atomic E-state index is 0.201. The zero-order chi connectivity index (χ0) is 18.6. The molecule has 2 atom stereocenters. The first kappa shape index (κ1) is 18.1. The van der Waals surface area contributed by atoms with Crippen molar-refractivity contribution >= 4 is 5.91 Å². The van der Waals surface area contributed by atoms with E-state index in [2.05, 4.69) is 20.4 Å². The van der Waals surface area contributed by atoms with E-state index in [-0.39, 0.29) is 11.9 Å². The molecule has 8 nitrogen and oxygen atoms in total. The average molecular weight is 369 g/mol. The molecule has 27 heavy (non-hydrogen) atoms. The van der Waals surface area contributed by atoms with Gasteiger partial charge in [-0.3, -0.25) is 9.69 Å². The second-order valence-corrected chi connectivity index (χ2v) is 7.56. The number of hydrogen-bond acceptors (Lipinski definition) is 6. The largest absolute Gasteiger partial charge is 0.340 e. The van der Waals surface area contributed by atoms with E-state index in [1.54, 1.807) is 4.68 Å². The molecule has 4 rings (SSSR count). The summed E-state index contributed by atoms with van der Waals surface area (Å²) in [5.41, 5.74) is 7.07. The molecule has 1 saturated heterocycles. The van der Waals surface area contributed by atoms with Gasteiger partial charge in [-0.05, 0) is 41.3 Å². The van der Waals surface area contributed by atoms with Crippen LogP contribution in [0.25, 0.3) is 5.69 Å². The number of para-hydroxylation sites is 1. The van der Waals surface area contributed by atoms with Crippen molar-refractivity contribution < 1.29 is 4.79 Å². The standard InChI is InChI=1S/C19H27N7O/c20-17-8-4-5-15(17)13-19(27)25-11-9-24(10-12-25)14-18-21-22-23-26(18)16-6-2-1-3-7-16/h1-3,6-7,15,17H,4-5,8-14,20H2/t15-,17+/m0/s1. The van der Waals surface area contributed by atoms with Gasteiger partial charge in [-0.2, -0.15) is 4.68 Å². The van der Waals surface area contributed by atoms with Crippen LogP contribution in [0.15, 0.2) is 30.3 Å². The van der Waals surface area contributed by atoms with E-state index in [0.717, 1.165) is 57.0 Å². The topological polar surface area (TPSA) is 93.2 Å². The van der Waals surface area contributed by atoms with Crippen LogP contribution in [0.1, 0.15) is 31.5 Å². The number of amides is 1. The molecule has 144 valence electrons. The average Bonchev–Trinajstić information content (AvgIpc) is 3.32. The molecule has 1 aliphatic carbocycles. The number of benzene rings is 1. The lowest BCUT2D eigenvalue weighted by Gasteiger charge is -2.35. The number of tetrazole rings is 1. The van der Waals surface area contributed by atoms with Crippen LogP contribution < -0.4 is 5.73 Å². The highest BCUT2D eigenvalue weighted by atomic mass is 16.2. The highest BCUT2D eigenvalue weighted by molar-refractivity contribution is 5.76. The van der Waals surface area contributed by atoms with Crippen LogP contribution in [0.2, 0.25) is 0 Å². The quantitative estimate of drug-likeness (QED) is 0.839. The molecule has 2 aromatic rings. The molecule has 1 amide bonds. The van der Waals surface area contributed by atoms with Crippen LogP contribution in [0.3, 0.4) is 0 Å². The zero-order valence-electron chi connectivity index (χ0n) is 15.6. The van der Waals surface area contributed by atoms with Crippen molar-refractivity contribution in [1.82, 2.24) is 30.0 Å². The van der Waals surface area contributed by atoms with Crippen LogP contribution in [0.4, 0.5) is 0 Å². The van der Waals surface area contributed by atoms with Gasteiger partial charge in [0.15, 0.2) is 5.82 Å². The van der Waals surface area contributed by atoms with Crippen molar-refractivity contribution in [2.24, 2.45) is 11.7 Å². The molecule has 2 aliphatic rings. The molecule has 1 aromatic heterocycles. The summed E-state index contributed by atoms with van der Waals surface area (Å²) in [5, 5.41) is 12.1. The van der Waals surface area contributed by atoms with Crippen LogP contribution in [0, 0.1) is 5.92 Å². The van der Waals surface area contributed by atoms with E-state index in [9.17, 15) is 4.79 Å². The Hall–Kier alpha value is -2.32. The minimum absolute atomic E-state index is 0.201. The van der Waals surface area contributed by atoms with E-state index in [1.807, 2.05) is 35.2 Å². The van der Waals surface area contributed by atoms with Gasteiger partial charge in [0.25, 0.3) is 0 Å². The summed E-state index contributed by atoms with van der Waals surface area (Å²) < 4.78 is 1.78. The fraction of sp³-hybridized carbons (Fsp3) is 0.579. The Kier molecular flexibility index (Phi) is 5.45. The zero-order valence-corrected chi connectivity index (χ0v) is 15.6. The van der Waals surface area contributed by atoms with Gasteiger partial charge in [-0.15, -0.1) is 5.10 Å². The molecule has 0 spiro atoms. The Morgan fingerprint density at radius 3 is 2.59 bits per heavy atom. The first-order valence-corrected chi connectivity index (χ1v) is 9.79. The van der Waals surface area contributed by atoms with Crippen molar-refractivity contribution in [2.75, 3.05) is 26.2 Å². The third-order valence-electron chi connectivity index (χ3n) is 5.78. The molecule has 0 unspecified atom stereocenters. The normalized spacial score (nSPS) is 23.7. The lowest BCUT2D eigenvalue weighted by molar-refractivity contribution is -0.134. The number of nitrogens with two attached hydrogens (primary N) is 1. The van der Waals surface area contributed by atoms with Gasteiger partial charge in [0.2, 0.25) is 5.91 Å². The van der Waals surface area contributed by atoms with E-state index >= 15 is 0 Å². The summed E-state index contributed by atoms with van der Waals surface area (Å²) in [5.74, 6) is 1.44. The lowest BCUT2D eigenvalue weighted by Crippen LogP contribution is -2.49. The van der Waals surface area contributed by atoms with Crippen molar-refractivity contribution in [3.63, 3.8) is 0 Å². The Morgan fingerprint density at radius 1 is 1.11 bits per heavy atom. The summed E-state index contributed by atoms with van der Waals surface area (Å²) in [4.78, 5) is 16.9. The van der Waals surface area contributed by atoms with Crippen LogP contribution >= 0.6 is 0 Å². The van der Waals surface area contributed by atoms with Gasteiger partial charge >= 0.3 is 0 Å². The monoisotopic (exact) mass is 369 g/mol. The van der Waals surface area contributed by atoms with Crippen molar-refractivity contribution in [1.29, 1.82) is 0 Å². The van der Waals surface area contributed by atoms with E-state index in [4.69, 9.17) is 5.73 Å². The molecule has 8 heteroatoms. The summed E-state index contributed by atoms with van der Waals surface area (Å²) in [6, 6.07) is 10.1. The van der Waals surface area contributed by atoms with E-state index < -0.39 is 0 Å². The summed E-state index contributed by atoms with van der Waals surface area (Å²) in [6.07, 6.45) is 3.91. The van der Waals surface area contributed by atoms with Crippen molar-refractivity contribution in [2.45, 2.75) is 38.3 Å². The molecule has 2 fully saturated rings. The maximum absolute atomic E-state index is 12.6. The Labute approximate surface area is 159 Å². The predicted molar refractivity (Wildman–Crippen MR) is 101 cm³/mol. The van der Waals surface area contributed by atoms with E-state index in [0.29, 0.717) is 18.9 Å². The summed E-state index contributed by atoms with van der Waals surface area (Å²) >= 11 is 0. The van der Waals surface area contributed by atoms with Gasteiger partial charge in [-0.25, -0.2) is 0 Å². The lowest BCUT2D eigenvalue weighted by atomic mass is 9.99. The first-order chi connectivity index (χ1) is 13.2. The van der Waals surface area contributed by atoms with Crippen LogP contribution in [-0.4, -0.2) is 68.1 Å². The van der Waals surface area contributed by atoms with Crippen molar-refractivity contribution in [3.8, 4) is 5.69 Å². The molecule has 0 radical (unpaired) electrons. The molecule has 1 aromatic carbocycles. The molecule has 2 N–H and O–H groups in total. The highest BCUT2D eigenvalue weighted by Gasteiger charge is 2.29. The highest BCUT2D eigenvalue weighted by Crippen LogP contribution is 2.27. The molecular formula is C19H27N7O. The van der Waals surface area contributed by atoms with Crippen LogP contribution in [0.5, 0.6) is 0 Å². The second kappa shape index (κ2) is 8.14. The Balaban J connectivity index is 1.30. The third kappa shape index (κ3) is 4.17. The van der Waals surface area contributed by atoms with E-state index in [1.165, 1.54) is 0 Å². The maximum Gasteiger partial charge on any atom is 0.222 e. The number of nitrogens with zero attached hydrogens (tertiary/aromatic N) is 6. The number of hydrogen-bond donors (Lipinski definition) is 1. The number of carbonyl (C=O) groups excluding carboxylic acids is 1. The van der Waals surface area contributed by atoms with Gasteiger partial charge in [0.1, 0.15) is 0 Å². The van der Waals surface area contributed by atoms with Gasteiger partial charge in [0, 0.05) is 38.6 Å². The molecule has 1 aliphatic heterocycles. The fourth-order valence-corrected chi connectivity index (χ4v) is 4.10. The SMILES string of the molecule is N[C@@H]1CCC[C@H]1CC(=O)N1CCN(Cc2nnnn2-c2ccccc2)CC1. The van der Waals surface area contributed by atoms with Crippen molar-refractivity contribution in [3.05, 3.63) is 36.2 Å². The second-order valence-electron chi connectivity index (χ2n) is 7.56. The number of piperazine rings is 1. The Morgan fingerprint density at radius 2 is 1.89 bits per heavy atom. The maximum atomic E-state index is 12.6. The molecule has 1 saturated carbocycles. The minimum Gasteiger partial charge on any atom is -0.340 e. The Bertz CT molecular complexity index is 754. The fourth-order valence-electron chi connectivity index (χ4n) is 4.10. The van der Waals surface area contributed by atoms with Gasteiger partial charge < -0.3 is 10.6 Å². The summed E-state index contributed by atoms with van der Waals surface area (Å²) in [7, 11) is 0. The number of rotatable bonds is 5. The van der Waals surface area contributed by atoms with Gasteiger partial charge in [-0.1, -0.05) is 24.6 Å². The molecule has 2 heterocycles. The van der Waals surface area contributed by atoms with Gasteiger partial charge in [0.05, 0.1) is 12.2 Å². The smallest absolute Gasteiger partial charge is 0.222 e. The summed E-state index contributed by atoms with van der Waals surface area (Å²) in [6.45, 7) is 3.87. The first-order valence-electron chi connectivity index (χ1n) is 9.79. The number of aromatic nitrogens is 4. The number of carbonyl (C=O) groups is 1. The molecular weight excluding hydrogens is 342 g/mol. The predicted octanol–water partition coefficient (Wildman–Crippen LogP) is 0.824. The van der Waals surface area contributed by atoms with Crippen LogP contribution in [-0.2, 0) is 11.3 Å².